The van der Waals surface area contributed by atoms with Gasteiger partial charge < -0.3 is 35.0 Å². The Morgan fingerprint density at radius 1 is 1.12 bits per heavy atom. The van der Waals surface area contributed by atoms with Gasteiger partial charge in [-0.05, 0) is 37.0 Å². The fourth-order valence-electron chi connectivity index (χ4n) is 2.76. The number of rotatable bonds is 8. The summed E-state index contributed by atoms with van der Waals surface area (Å²) in [5.41, 5.74) is 1.04. The first-order chi connectivity index (χ1) is 12.0. The number of allylic oxidation sites excluding steroid dienone is 1. The minimum Gasteiger partial charge on any atom is -0.462 e. The molecule has 140 valence electrons. The second-order valence-electron chi connectivity index (χ2n) is 6.13. The maximum Gasteiger partial charge on any atom is 0.229 e. The Balaban J connectivity index is 2.06. The lowest BCUT2D eigenvalue weighted by Gasteiger charge is -2.41. The largest absolute Gasteiger partial charge is 0.462 e. The van der Waals surface area contributed by atoms with E-state index in [2.05, 4.69) is 6.58 Å². The van der Waals surface area contributed by atoms with Crippen LogP contribution < -0.4 is 4.74 Å². The van der Waals surface area contributed by atoms with E-state index in [9.17, 15) is 20.4 Å². The van der Waals surface area contributed by atoms with Gasteiger partial charge in [0.05, 0.1) is 6.10 Å². The van der Waals surface area contributed by atoms with Gasteiger partial charge in [-0.25, -0.2) is 0 Å². The van der Waals surface area contributed by atoms with E-state index in [0.29, 0.717) is 18.6 Å². The summed E-state index contributed by atoms with van der Waals surface area (Å²) in [5.74, 6) is 0.420. The zero-order valence-electron chi connectivity index (χ0n) is 13.9. The maximum atomic E-state index is 10.1. The fraction of sp³-hybridized carbons (Fsp3) is 0.556. The highest BCUT2D eigenvalue weighted by Crippen LogP contribution is 2.27. The highest BCUT2D eigenvalue weighted by molar-refractivity contribution is 5.28. The summed E-state index contributed by atoms with van der Waals surface area (Å²) in [6, 6.07) is 7.07. The minimum atomic E-state index is -1.52. The minimum absolute atomic E-state index is 0.109. The summed E-state index contributed by atoms with van der Waals surface area (Å²) in [4.78, 5) is 0. The van der Waals surface area contributed by atoms with Crippen molar-refractivity contribution in [3.05, 3.63) is 42.5 Å². The third-order valence-corrected chi connectivity index (χ3v) is 4.20. The van der Waals surface area contributed by atoms with E-state index in [4.69, 9.17) is 14.6 Å². The molecule has 0 unspecified atom stereocenters. The van der Waals surface area contributed by atoms with Crippen molar-refractivity contribution in [2.24, 2.45) is 0 Å². The quantitative estimate of drug-likeness (QED) is 0.408. The molecule has 2 rings (SSSR count). The average molecular weight is 354 g/mol. The topological polar surface area (TPSA) is 120 Å². The lowest BCUT2D eigenvalue weighted by atomic mass is 9.93. The lowest BCUT2D eigenvalue weighted by Crippen LogP contribution is -2.62. The number of ether oxygens (including phenoxy) is 2. The molecule has 0 bridgehead atoms. The van der Waals surface area contributed by atoms with Gasteiger partial charge in [-0.3, -0.25) is 0 Å². The van der Waals surface area contributed by atoms with Crippen LogP contribution in [0.25, 0.3) is 0 Å². The molecule has 0 spiro atoms. The molecule has 1 aromatic rings. The molecule has 0 aliphatic carbocycles. The molecule has 1 fully saturated rings. The van der Waals surface area contributed by atoms with E-state index in [1.54, 1.807) is 18.2 Å². The van der Waals surface area contributed by atoms with Crippen molar-refractivity contribution in [1.82, 2.24) is 0 Å². The monoisotopic (exact) mass is 354 g/mol. The van der Waals surface area contributed by atoms with Gasteiger partial charge in [-0.2, -0.15) is 0 Å². The second-order valence-corrected chi connectivity index (χ2v) is 6.13. The third kappa shape index (κ3) is 5.01. The third-order valence-electron chi connectivity index (χ3n) is 4.20. The molecule has 6 atom stereocenters. The smallest absolute Gasteiger partial charge is 0.229 e. The molecule has 1 aromatic carbocycles. The second kappa shape index (κ2) is 9.28. The van der Waals surface area contributed by atoms with E-state index in [0.717, 1.165) is 5.56 Å². The van der Waals surface area contributed by atoms with Gasteiger partial charge >= 0.3 is 0 Å². The Labute approximate surface area is 146 Å². The molecule has 0 amide bonds. The molecular weight excluding hydrogens is 328 g/mol. The van der Waals surface area contributed by atoms with E-state index in [-0.39, 0.29) is 13.0 Å². The predicted octanol–water partition coefficient (Wildman–Crippen LogP) is -0.265. The number of aliphatic hydroxyl groups is 5. The first-order valence-electron chi connectivity index (χ1n) is 8.33. The normalized spacial score (nSPS) is 30.7. The van der Waals surface area contributed by atoms with Crippen LogP contribution >= 0.6 is 0 Å². The molecule has 7 heteroatoms. The molecular formula is C18H26O7. The zero-order valence-corrected chi connectivity index (χ0v) is 13.9. The standard InChI is InChI=1S/C18H26O7/c1-2-4-11-6-8-12(9-7-11)24-18-16(23)14(21)15(22)17(25-18)13(20)5-3-10-19/h2,6-9,13-23H,1,3-5,10H2/t13-,14-,15-,16+,17+,18-/m0/s1. The van der Waals surface area contributed by atoms with Gasteiger partial charge in [0, 0.05) is 6.61 Å². The van der Waals surface area contributed by atoms with Crippen molar-refractivity contribution in [3.63, 3.8) is 0 Å². The highest BCUT2D eigenvalue weighted by Gasteiger charge is 2.47. The van der Waals surface area contributed by atoms with Crippen molar-refractivity contribution in [2.75, 3.05) is 6.61 Å². The van der Waals surface area contributed by atoms with Crippen LogP contribution in [-0.2, 0) is 11.2 Å². The summed E-state index contributed by atoms with van der Waals surface area (Å²) >= 11 is 0. The molecule has 7 nitrogen and oxygen atoms in total. The van der Waals surface area contributed by atoms with Crippen LogP contribution in [0.4, 0.5) is 0 Å². The Bertz CT molecular complexity index is 533. The van der Waals surface area contributed by atoms with Crippen molar-refractivity contribution >= 4 is 0 Å². The highest BCUT2D eigenvalue weighted by atomic mass is 16.7. The molecule has 1 aliphatic heterocycles. The first kappa shape index (κ1) is 19.8. The Kier molecular flexibility index (Phi) is 7.37. The van der Waals surface area contributed by atoms with Crippen molar-refractivity contribution in [1.29, 1.82) is 0 Å². The van der Waals surface area contributed by atoms with Gasteiger partial charge in [0.15, 0.2) is 0 Å². The summed E-state index contributed by atoms with van der Waals surface area (Å²) in [7, 11) is 0. The summed E-state index contributed by atoms with van der Waals surface area (Å²) < 4.78 is 11.1. The fourth-order valence-corrected chi connectivity index (χ4v) is 2.76. The van der Waals surface area contributed by atoms with Crippen LogP contribution in [0.2, 0.25) is 0 Å². The number of aliphatic hydroxyl groups excluding tert-OH is 5. The van der Waals surface area contributed by atoms with Crippen LogP contribution in [0.3, 0.4) is 0 Å². The van der Waals surface area contributed by atoms with E-state index in [1.807, 2.05) is 12.1 Å². The summed E-state index contributed by atoms with van der Waals surface area (Å²) in [6.07, 6.45) is -4.92. The molecule has 5 N–H and O–H groups in total. The van der Waals surface area contributed by atoms with Crippen LogP contribution in [0.15, 0.2) is 36.9 Å². The molecule has 1 heterocycles. The molecule has 1 saturated heterocycles. The molecule has 0 aromatic heterocycles. The zero-order chi connectivity index (χ0) is 18.4. The van der Waals surface area contributed by atoms with Gasteiger partial charge in [0.25, 0.3) is 0 Å². The number of hydrogen-bond donors (Lipinski definition) is 5. The predicted molar refractivity (Wildman–Crippen MR) is 90.0 cm³/mol. The molecule has 1 aliphatic rings. The van der Waals surface area contributed by atoms with E-state index < -0.39 is 36.8 Å². The van der Waals surface area contributed by atoms with Crippen molar-refractivity contribution < 1.29 is 35.0 Å². The van der Waals surface area contributed by atoms with E-state index >= 15 is 0 Å². The van der Waals surface area contributed by atoms with Gasteiger partial charge in [-0.1, -0.05) is 18.2 Å². The molecule has 25 heavy (non-hydrogen) atoms. The summed E-state index contributed by atoms with van der Waals surface area (Å²) in [5, 5.41) is 49.1. The van der Waals surface area contributed by atoms with Gasteiger partial charge in [0.1, 0.15) is 30.2 Å². The van der Waals surface area contributed by atoms with Gasteiger partial charge in [0.2, 0.25) is 6.29 Å². The number of hydrogen-bond acceptors (Lipinski definition) is 7. The van der Waals surface area contributed by atoms with Crippen molar-refractivity contribution in [3.8, 4) is 5.75 Å². The van der Waals surface area contributed by atoms with Crippen LogP contribution in [-0.4, -0.2) is 68.9 Å². The number of benzene rings is 1. The van der Waals surface area contributed by atoms with Crippen LogP contribution in [0.1, 0.15) is 18.4 Å². The van der Waals surface area contributed by atoms with Gasteiger partial charge in [-0.15, -0.1) is 6.58 Å². The SMILES string of the molecule is C=CCc1ccc(O[C@H]2O[C@H]([C@@H](O)CCCO)[C@@H](O)[C@H](O)[C@H]2O)cc1. The molecule has 0 saturated carbocycles. The lowest BCUT2D eigenvalue weighted by molar-refractivity contribution is -0.288. The Hall–Kier alpha value is -1.48. The van der Waals surface area contributed by atoms with Crippen LogP contribution in [0.5, 0.6) is 5.75 Å². The maximum absolute atomic E-state index is 10.1. The Morgan fingerprint density at radius 3 is 2.40 bits per heavy atom. The Morgan fingerprint density at radius 2 is 1.80 bits per heavy atom. The van der Waals surface area contributed by atoms with E-state index in [1.165, 1.54) is 0 Å². The van der Waals surface area contributed by atoms with Crippen molar-refractivity contribution in [2.45, 2.75) is 56.1 Å². The first-order valence-corrected chi connectivity index (χ1v) is 8.33. The summed E-state index contributed by atoms with van der Waals surface area (Å²) in [6.45, 7) is 3.56. The average Bonchev–Trinajstić information content (AvgIpc) is 2.62. The molecule has 0 radical (unpaired) electrons. The van der Waals surface area contributed by atoms with Crippen LogP contribution in [0, 0.1) is 0 Å².